The Morgan fingerprint density at radius 1 is 0.815 bits per heavy atom. The van der Waals surface area contributed by atoms with Crippen LogP contribution in [0.25, 0.3) is 32.9 Å². The van der Waals surface area contributed by atoms with E-state index in [4.69, 9.17) is 26.5 Å². The van der Waals surface area contributed by atoms with Gasteiger partial charge in [-0.15, -0.1) is 9.69 Å². The third-order valence-corrected chi connectivity index (χ3v) is 15.3. The standard InChI is InChI=1S/C57H63ClFN15O7/c1-35(2)81-52(79)33-63-49(76)32-62-50(77)34-72-46-11-6-9-40-42-29-47-37(28-44(42)59)30-65-73(47)74(26-18-36(19-27-74)54(69-72)53(40)46)51(78)17-16-48(75)61-20-7-21-70-22-24-71(25-23-70)39-14-12-38(13-15-39)66-57-64-31-43(58)55(68-57)67-45-10-5-4-8-41(45)56(80)60-3/h4-6,8-15,28-31,35-36H,7,16-27,32-34H2,1-3H3,(H5-,60,61,62,63,64,66,67,68,75,76,77,80)/p+1. The average molecular weight is 1130 g/mol. The van der Waals surface area contributed by atoms with E-state index in [1.54, 1.807) is 66.9 Å². The van der Waals surface area contributed by atoms with E-state index in [1.807, 2.05) is 30.3 Å². The number of hydrogen-bond acceptors (Lipinski definition) is 15. The number of amides is 5. The highest BCUT2D eigenvalue weighted by molar-refractivity contribution is 6.33. The van der Waals surface area contributed by atoms with Crippen LogP contribution >= 0.6 is 11.6 Å². The number of nitrogens with one attached hydrogen (secondary N) is 6. The highest BCUT2D eigenvalue weighted by atomic mass is 35.5. The van der Waals surface area contributed by atoms with Crippen molar-refractivity contribution < 1.29 is 37.9 Å². The lowest BCUT2D eigenvalue weighted by Gasteiger charge is -2.39. The molecule has 0 spiro atoms. The maximum Gasteiger partial charge on any atom is 0.340 e. The maximum absolute atomic E-state index is 16.3. The Balaban J connectivity index is 0.706. The monoisotopic (exact) mass is 1120 g/mol. The van der Waals surface area contributed by atoms with Crippen LogP contribution in [0.15, 0.2) is 91.3 Å². The Bertz CT molecular complexity index is 3520. The summed E-state index contributed by atoms with van der Waals surface area (Å²) in [5.74, 6) is -2.23. The number of hydrogen-bond donors (Lipinski definition) is 6. The first kappa shape index (κ1) is 55.8. The highest BCUT2D eigenvalue weighted by Crippen LogP contribution is 2.42. The molecule has 422 valence electrons. The number of para-hydroxylation sites is 1. The summed E-state index contributed by atoms with van der Waals surface area (Å²) in [5.41, 5.74) is 5.64. The second kappa shape index (κ2) is 24.4. The fourth-order valence-electron chi connectivity index (χ4n) is 10.9. The Labute approximate surface area is 471 Å². The smallest absolute Gasteiger partial charge is 0.340 e. The molecular weight excluding hydrogens is 1060 g/mol. The van der Waals surface area contributed by atoms with Crippen molar-refractivity contribution in [3.05, 3.63) is 113 Å². The van der Waals surface area contributed by atoms with E-state index in [0.717, 1.165) is 50.5 Å². The number of carbonyl (C=O) groups excluding carboxylic acids is 6. The third-order valence-electron chi connectivity index (χ3n) is 15.0. The molecule has 0 unspecified atom stereocenters. The molecule has 7 aromatic rings. The molecule has 0 saturated carbocycles. The summed E-state index contributed by atoms with van der Waals surface area (Å²) in [5, 5.41) is 28.3. The van der Waals surface area contributed by atoms with Crippen molar-refractivity contribution in [3.63, 3.8) is 0 Å². The SMILES string of the molecule is CNC(=O)c1ccccc1Nc1nc(Nc2ccc(N3CCN(CCCNC(=O)CCC(=O)[N+]45CCC(CC4)c4nn(CC(=O)NCC(=O)NCC(=O)OC(C)C)c6cccc(c46)-c4cc6c(cnn65)cc4F)CC3)cc2)ncc1Cl. The van der Waals surface area contributed by atoms with Crippen LogP contribution in [-0.2, 0) is 35.3 Å². The lowest BCUT2D eigenvalue weighted by atomic mass is 9.88. The summed E-state index contributed by atoms with van der Waals surface area (Å²) < 4.78 is 22.7. The first-order valence-electron chi connectivity index (χ1n) is 27.2. The van der Waals surface area contributed by atoms with Gasteiger partial charge in [0.2, 0.25) is 23.7 Å². The van der Waals surface area contributed by atoms with Crippen molar-refractivity contribution in [2.75, 3.05) is 88.0 Å². The van der Waals surface area contributed by atoms with Crippen LogP contribution in [0.4, 0.5) is 33.2 Å². The molecule has 2 saturated heterocycles. The van der Waals surface area contributed by atoms with Crippen LogP contribution in [0.1, 0.15) is 67.9 Å². The van der Waals surface area contributed by atoms with Crippen molar-refractivity contribution in [2.24, 2.45) is 0 Å². The molecule has 22 nitrogen and oxygen atoms in total. The number of piperazine rings is 1. The molecule has 24 heteroatoms. The number of quaternary nitrogens is 1. The molecule has 4 bridgehead atoms. The maximum atomic E-state index is 16.3. The number of piperidine rings is 1. The topological polar surface area (TPSA) is 252 Å². The number of esters is 1. The van der Waals surface area contributed by atoms with E-state index in [1.165, 1.54) is 12.3 Å². The summed E-state index contributed by atoms with van der Waals surface area (Å²) in [6.07, 6.45) is 4.49. The van der Waals surface area contributed by atoms with E-state index in [0.29, 0.717) is 99.1 Å². The fourth-order valence-corrected chi connectivity index (χ4v) is 11.0. The van der Waals surface area contributed by atoms with Gasteiger partial charge in [0.15, 0.2) is 5.82 Å². The molecular formula is C57H64ClFN15O7+. The van der Waals surface area contributed by atoms with Crippen LogP contribution in [0.5, 0.6) is 0 Å². The zero-order chi connectivity index (χ0) is 56.8. The quantitative estimate of drug-likeness (QED) is 0.0307. The molecule has 7 heterocycles. The summed E-state index contributed by atoms with van der Waals surface area (Å²) >= 11 is 6.43. The first-order valence-corrected chi connectivity index (χ1v) is 27.6. The number of anilines is 5. The fraction of sp³-hybridized carbons (Fsp3) is 0.368. The number of halogens is 2. The molecule has 4 aliphatic rings. The number of benzene rings is 4. The Morgan fingerprint density at radius 3 is 2.35 bits per heavy atom. The van der Waals surface area contributed by atoms with Crippen molar-refractivity contribution in [2.45, 2.75) is 64.5 Å². The van der Waals surface area contributed by atoms with Gasteiger partial charge >= 0.3 is 11.9 Å². The van der Waals surface area contributed by atoms with Gasteiger partial charge in [-0.2, -0.15) is 10.1 Å². The molecule has 5 amide bonds. The van der Waals surface area contributed by atoms with Gasteiger partial charge in [-0.1, -0.05) is 40.7 Å². The van der Waals surface area contributed by atoms with Crippen LogP contribution in [0.3, 0.4) is 0 Å². The summed E-state index contributed by atoms with van der Waals surface area (Å²) in [6, 6.07) is 23.7. The molecule has 81 heavy (non-hydrogen) atoms. The number of carbonyl (C=O) groups is 6. The Kier molecular flexibility index (Phi) is 16.8. The van der Waals surface area contributed by atoms with Crippen LogP contribution in [0, 0.1) is 5.82 Å². The van der Waals surface area contributed by atoms with Gasteiger partial charge in [0.1, 0.15) is 42.5 Å². The van der Waals surface area contributed by atoms with Crippen LogP contribution in [0.2, 0.25) is 5.02 Å². The van der Waals surface area contributed by atoms with Gasteiger partial charge in [0, 0.05) is 92.7 Å². The molecule has 3 aromatic heterocycles. The molecule has 4 aromatic carbocycles. The summed E-state index contributed by atoms with van der Waals surface area (Å²) in [7, 11) is 1.57. The van der Waals surface area contributed by atoms with Crippen LogP contribution < -0.4 is 41.4 Å². The van der Waals surface area contributed by atoms with Crippen molar-refractivity contribution in [1.29, 1.82) is 0 Å². The molecule has 0 aliphatic carbocycles. The van der Waals surface area contributed by atoms with Crippen molar-refractivity contribution >= 4 is 97.7 Å². The zero-order valence-electron chi connectivity index (χ0n) is 45.3. The minimum absolute atomic E-state index is 0.000423. The molecule has 0 atom stereocenters. The van der Waals surface area contributed by atoms with E-state index in [9.17, 15) is 28.8 Å². The summed E-state index contributed by atoms with van der Waals surface area (Å²) in [4.78, 5) is 93.3. The number of nitrogens with zero attached hydrogens (tertiary/aromatic N) is 9. The Morgan fingerprint density at radius 2 is 1.58 bits per heavy atom. The average Bonchev–Trinajstić information content (AvgIpc) is 3.20. The normalized spacial score (nSPS) is 16.7. The molecule has 11 rings (SSSR count). The molecule has 2 fully saturated rings. The van der Waals surface area contributed by atoms with Gasteiger partial charge in [0.05, 0.1) is 53.9 Å². The van der Waals surface area contributed by atoms with Gasteiger partial charge < -0.3 is 41.5 Å². The van der Waals surface area contributed by atoms with Gasteiger partial charge in [-0.3, -0.25) is 33.6 Å². The van der Waals surface area contributed by atoms with Crippen molar-refractivity contribution in [1.82, 2.24) is 60.4 Å². The second-order valence-electron chi connectivity index (χ2n) is 20.6. The molecule has 4 aliphatic heterocycles. The van der Waals surface area contributed by atoms with E-state index < -0.39 is 23.6 Å². The van der Waals surface area contributed by atoms with E-state index in [-0.39, 0.29) is 66.8 Å². The molecule has 0 radical (unpaired) electrons. The third kappa shape index (κ3) is 12.4. The zero-order valence-corrected chi connectivity index (χ0v) is 46.0. The second-order valence-corrected chi connectivity index (χ2v) is 21.0. The molecule has 6 N–H and O–H groups in total. The summed E-state index contributed by atoms with van der Waals surface area (Å²) in [6.45, 7) is 7.82. The lowest BCUT2D eigenvalue weighted by molar-refractivity contribution is -0.147. The number of aromatic nitrogens is 6. The number of fused-ring (bicyclic) bond motifs is 2. The minimum atomic E-state index is -0.591. The van der Waals surface area contributed by atoms with E-state index in [2.05, 4.69) is 63.8 Å². The number of rotatable bonds is 20. The predicted molar refractivity (Wildman–Crippen MR) is 305 cm³/mol. The lowest BCUT2D eigenvalue weighted by Crippen LogP contribution is -2.65. The number of ether oxygens (including phenoxy) is 1. The van der Waals surface area contributed by atoms with Gasteiger partial charge in [-0.05, 0) is 87.0 Å². The van der Waals surface area contributed by atoms with Crippen LogP contribution in [-0.4, -0.2) is 149 Å². The minimum Gasteiger partial charge on any atom is -0.462 e. The Hall–Kier alpha value is -8.54. The van der Waals surface area contributed by atoms with Crippen molar-refractivity contribution in [3.8, 4) is 11.1 Å². The van der Waals surface area contributed by atoms with E-state index >= 15 is 4.39 Å². The largest absolute Gasteiger partial charge is 0.462 e. The highest BCUT2D eigenvalue weighted by Gasteiger charge is 2.46. The first-order chi connectivity index (χ1) is 39.2. The predicted octanol–water partition coefficient (Wildman–Crippen LogP) is 5.63. The van der Waals surface area contributed by atoms with Gasteiger partial charge in [-0.25, -0.2) is 14.2 Å². The van der Waals surface area contributed by atoms with Gasteiger partial charge in [0.25, 0.3) is 5.91 Å².